The van der Waals surface area contributed by atoms with Gasteiger partial charge in [-0.2, -0.15) is 5.10 Å². The molecule has 1 aromatic carbocycles. The summed E-state index contributed by atoms with van der Waals surface area (Å²) in [5.41, 5.74) is 1.24. The second-order valence-corrected chi connectivity index (χ2v) is 5.66. The van der Waals surface area contributed by atoms with Gasteiger partial charge in [0.1, 0.15) is 0 Å². The molecule has 1 heterocycles. The van der Waals surface area contributed by atoms with Crippen molar-refractivity contribution in [1.82, 2.24) is 4.68 Å². The van der Waals surface area contributed by atoms with Gasteiger partial charge in [-0.25, -0.2) is 4.68 Å². The van der Waals surface area contributed by atoms with E-state index in [-0.39, 0.29) is 5.75 Å². The second kappa shape index (κ2) is 7.13. The molecular weight excluding hydrogens is 302 g/mol. The molecule has 0 aliphatic heterocycles. The third-order valence-corrected chi connectivity index (χ3v) is 4.05. The number of hydrogen-bond acceptors (Lipinski definition) is 6. The number of aromatic hydroxyl groups is 3. The van der Waals surface area contributed by atoms with Crippen molar-refractivity contribution in [2.24, 2.45) is 10.1 Å². The van der Waals surface area contributed by atoms with Crippen LogP contribution in [0.3, 0.4) is 0 Å². The van der Waals surface area contributed by atoms with E-state index in [4.69, 9.17) is 0 Å². The highest BCUT2D eigenvalue weighted by Crippen LogP contribution is 2.36. The van der Waals surface area contributed by atoms with Crippen molar-refractivity contribution < 1.29 is 15.3 Å². The minimum atomic E-state index is -0.552. The lowest BCUT2D eigenvalue weighted by Crippen LogP contribution is -2.12. The van der Waals surface area contributed by atoms with Gasteiger partial charge in [-0.05, 0) is 25.5 Å². The van der Waals surface area contributed by atoms with E-state index in [0.717, 1.165) is 29.9 Å². The van der Waals surface area contributed by atoms with Crippen LogP contribution < -0.4 is 4.80 Å². The maximum absolute atomic E-state index is 9.79. The van der Waals surface area contributed by atoms with Crippen LogP contribution in [0.25, 0.3) is 0 Å². The number of phenols is 3. The van der Waals surface area contributed by atoms with E-state index in [2.05, 4.69) is 17.0 Å². The Bertz CT molecular complexity index is 747. The first-order chi connectivity index (χ1) is 10.5. The Morgan fingerprint density at radius 2 is 2.00 bits per heavy atom. The van der Waals surface area contributed by atoms with Gasteiger partial charge in [-0.15, -0.1) is 11.3 Å². The smallest absolute Gasteiger partial charge is 0.205 e. The fourth-order valence-corrected chi connectivity index (χ4v) is 2.61. The highest BCUT2D eigenvalue weighted by atomic mass is 32.1. The molecule has 22 heavy (non-hydrogen) atoms. The average molecular weight is 321 g/mol. The van der Waals surface area contributed by atoms with Crippen molar-refractivity contribution in [3.63, 3.8) is 0 Å². The number of aromatic nitrogens is 1. The number of rotatable bonds is 5. The van der Waals surface area contributed by atoms with E-state index >= 15 is 0 Å². The number of nitrogens with zero attached hydrogens (tertiary/aromatic N) is 3. The average Bonchev–Trinajstić information content (AvgIpc) is 2.85. The molecule has 7 heteroatoms. The normalized spacial score (nSPS) is 12.4. The molecular formula is C15H19N3O3S. The van der Waals surface area contributed by atoms with Gasteiger partial charge in [-0.1, -0.05) is 13.3 Å². The lowest BCUT2D eigenvalue weighted by molar-refractivity contribution is 0.367. The summed E-state index contributed by atoms with van der Waals surface area (Å²) in [7, 11) is 0. The highest BCUT2D eigenvalue weighted by Gasteiger charge is 2.09. The van der Waals surface area contributed by atoms with E-state index in [1.54, 1.807) is 4.68 Å². The monoisotopic (exact) mass is 321 g/mol. The summed E-state index contributed by atoms with van der Waals surface area (Å²) in [6.07, 6.45) is 3.53. The van der Waals surface area contributed by atoms with Crippen molar-refractivity contribution in [2.45, 2.75) is 26.7 Å². The van der Waals surface area contributed by atoms with Crippen molar-refractivity contribution in [3.05, 3.63) is 33.6 Å². The Morgan fingerprint density at radius 3 is 2.73 bits per heavy atom. The molecule has 1 aromatic heterocycles. The SMILES string of the molecule is CCCCN=c1scc(C)n1/N=C/c1ccc(O)c(O)c1O. The molecule has 0 fully saturated rings. The molecule has 0 aliphatic rings. The summed E-state index contributed by atoms with van der Waals surface area (Å²) in [5, 5.41) is 34.9. The minimum Gasteiger partial charge on any atom is -0.504 e. The van der Waals surface area contributed by atoms with Crippen molar-refractivity contribution >= 4 is 17.6 Å². The molecule has 0 amide bonds. The number of phenolic OH excluding ortho intramolecular Hbond substituents is 3. The fraction of sp³-hybridized carbons (Fsp3) is 0.333. The van der Waals surface area contributed by atoms with E-state index in [0.29, 0.717) is 5.56 Å². The zero-order valence-corrected chi connectivity index (χ0v) is 13.3. The molecule has 0 aliphatic carbocycles. The number of hydrogen-bond donors (Lipinski definition) is 3. The van der Waals surface area contributed by atoms with Gasteiger partial charge in [0, 0.05) is 17.5 Å². The summed E-state index contributed by atoms with van der Waals surface area (Å²) in [6.45, 7) is 4.78. The summed E-state index contributed by atoms with van der Waals surface area (Å²) in [4.78, 5) is 5.28. The molecule has 0 unspecified atom stereocenters. The Morgan fingerprint density at radius 1 is 1.23 bits per heavy atom. The molecule has 0 bridgehead atoms. The van der Waals surface area contributed by atoms with E-state index in [1.807, 2.05) is 12.3 Å². The second-order valence-electron chi connectivity index (χ2n) is 4.82. The largest absolute Gasteiger partial charge is 0.504 e. The Labute approximate surface area is 132 Å². The van der Waals surface area contributed by atoms with Crippen LogP contribution in [-0.4, -0.2) is 32.8 Å². The standard InChI is InChI=1S/C15H19N3O3S/c1-3-4-7-16-15-18(10(2)9-22-15)17-8-11-5-6-12(19)14(21)13(11)20/h5-6,8-9,19-21H,3-4,7H2,1-2H3/b16-15?,17-8+. The van der Waals surface area contributed by atoms with E-state index < -0.39 is 11.5 Å². The number of aryl methyl sites for hydroxylation is 1. The molecule has 2 aromatic rings. The summed E-state index contributed by atoms with van der Waals surface area (Å²) in [6, 6.07) is 2.78. The Balaban J connectivity index is 2.33. The molecule has 6 nitrogen and oxygen atoms in total. The molecule has 0 saturated carbocycles. The van der Waals surface area contributed by atoms with Gasteiger partial charge in [0.05, 0.1) is 11.9 Å². The quantitative estimate of drug-likeness (QED) is 0.449. The fourth-order valence-electron chi connectivity index (χ4n) is 1.77. The minimum absolute atomic E-state index is 0.313. The highest BCUT2D eigenvalue weighted by molar-refractivity contribution is 7.07. The first kappa shape index (κ1) is 16.1. The lowest BCUT2D eigenvalue weighted by Gasteiger charge is -2.03. The molecule has 0 saturated heterocycles. The zero-order valence-electron chi connectivity index (χ0n) is 12.5. The first-order valence-electron chi connectivity index (χ1n) is 7.00. The maximum Gasteiger partial charge on any atom is 0.205 e. The Kier molecular flexibility index (Phi) is 5.21. The third-order valence-electron chi connectivity index (χ3n) is 3.08. The van der Waals surface area contributed by atoms with Crippen molar-refractivity contribution in [3.8, 4) is 17.2 Å². The molecule has 3 N–H and O–H groups in total. The zero-order chi connectivity index (χ0) is 16.1. The van der Waals surface area contributed by atoms with Gasteiger partial charge in [0.2, 0.25) is 10.6 Å². The topological polar surface area (TPSA) is 90.3 Å². The van der Waals surface area contributed by atoms with Crippen LogP contribution in [0.4, 0.5) is 0 Å². The van der Waals surface area contributed by atoms with Crippen LogP contribution in [0.15, 0.2) is 27.6 Å². The first-order valence-corrected chi connectivity index (χ1v) is 7.88. The molecule has 2 rings (SSSR count). The van der Waals surface area contributed by atoms with Gasteiger partial charge >= 0.3 is 0 Å². The predicted octanol–water partition coefficient (Wildman–Crippen LogP) is 2.56. The van der Waals surface area contributed by atoms with E-state index in [9.17, 15) is 15.3 Å². The number of thiazole rings is 1. The summed E-state index contributed by atoms with van der Waals surface area (Å²) >= 11 is 1.50. The van der Waals surface area contributed by atoms with Gasteiger partial charge in [0.25, 0.3) is 0 Å². The maximum atomic E-state index is 9.79. The molecule has 118 valence electrons. The summed E-state index contributed by atoms with van der Waals surface area (Å²) < 4.78 is 1.68. The third kappa shape index (κ3) is 3.48. The molecule has 0 radical (unpaired) electrons. The van der Waals surface area contributed by atoms with Gasteiger partial charge in [0.15, 0.2) is 11.5 Å². The van der Waals surface area contributed by atoms with E-state index in [1.165, 1.54) is 29.7 Å². The molecule has 0 atom stereocenters. The van der Waals surface area contributed by atoms with Gasteiger partial charge in [-0.3, -0.25) is 4.99 Å². The number of unbranched alkanes of at least 4 members (excludes halogenated alkanes) is 1. The number of benzene rings is 1. The van der Waals surface area contributed by atoms with Crippen LogP contribution in [0.5, 0.6) is 17.2 Å². The predicted molar refractivity (Wildman–Crippen MR) is 86.8 cm³/mol. The van der Waals surface area contributed by atoms with Crippen LogP contribution in [0.2, 0.25) is 0 Å². The van der Waals surface area contributed by atoms with Gasteiger partial charge < -0.3 is 15.3 Å². The Hall–Kier alpha value is -2.28. The summed E-state index contributed by atoms with van der Waals surface area (Å²) in [5.74, 6) is -1.32. The van der Waals surface area contributed by atoms with Crippen LogP contribution in [0.1, 0.15) is 31.0 Å². The van der Waals surface area contributed by atoms with Crippen LogP contribution >= 0.6 is 11.3 Å². The molecule has 0 spiro atoms. The van der Waals surface area contributed by atoms with Crippen molar-refractivity contribution in [1.29, 1.82) is 0 Å². The van der Waals surface area contributed by atoms with Crippen molar-refractivity contribution in [2.75, 3.05) is 6.54 Å². The lowest BCUT2D eigenvalue weighted by atomic mass is 10.2. The van der Waals surface area contributed by atoms with Crippen LogP contribution in [-0.2, 0) is 0 Å². The van der Waals surface area contributed by atoms with Crippen LogP contribution in [0, 0.1) is 6.92 Å².